The molecule has 0 bridgehead atoms. The van der Waals surface area contributed by atoms with Crippen LogP contribution < -0.4 is 4.72 Å². The van der Waals surface area contributed by atoms with Crippen molar-refractivity contribution in [1.82, 2.24) is 4.72 Å². The molecule has 1 atom stereocenters. The van der Waals surface area contributed by atoms with Gasteiger partial charge < -0.3 is 4.74 Å². The zero-order chi connectivity index (χ0) is 12.0. The molecule has 4 nitrogen and oxygen atoms in total. The van der Waals surface area contributed by atoms with Gasteiger partial charge in [0.2, 0.25) is 10.0 Å². The van der Waals surface area contributed by atoms with Crippen LogP contribution in [0.15, 0.2) is 0 Å². The average molecular weight is 247 g/mol. The molecule has 94 valence electrons. The number of hydrogen-bond acceptors (Lipinski definition) is 3. The van der Waals surface area contributed by atoms with Gasteiger partial charge in [-0.25, -0.2) is 13.1 Å². The molecule has 1 aliphatic heterocycles. The van der Waals surface area contributed by atoms with E-state index < -0.39 is 14.8 Å². The lowest BCUT2D eigenvalue weighted by atomic mass is 9.74. The smallest absolute Gasteiger partial charge is 0.217 e. The summed E-state index contributed by atoms with van der Waals surface area (Å²) in [4.78, 5) is 0. The molecule has 1 heterocycles. The van der Waals surface area contributed by atoms with Gasteiger partial charge in [0.25, 0.3) is 0 Å². The first-order valence-electron chi connectivity index (χ1n) is 5.89. The molecule has 5 heteroatoms. The molecule has 2 aliphatic rings. The molecule has 0 aromatic heterocycles. The normalized spacial score (nSPS) is 28.6. The van der Waals surface area contributed by atoms with Gasteiger partial charge in [-0.05, 0) is 46.5 Å². The maximum absolute atomic E-state index is 12.1. The Kier molecular flexibility index (Phi) is 2.84. The van der Waals surface area contributed by atoms with Gasteiger partial charge in [0, 0.05) is 5.54 Å². The number of epoxide rings is 1. The Morgan fingerprint density at radius 1 is 1.38 bits per heavy atom. The first kappa shape index (κ1) is 12.3. The molecule has 16 heavy (non-hydrogen) atoms. The van der Waals surface area contributed by atoms with E-state index >= 15 is 0 Å². The number of nitrogens with one attached hydrogen (secondary N) is 1. The number of rotatable bonds is 4. The van der Waals surface area contributed by atoms with Crippen LogP contribution in [0, 0.1) is 0 Å². The molecule has 1 saturated heterocycles. The summed E-state index contributed by atoms with van der Waals surface area (Å²) in [7, 11) is -3.24. The zero-order valence-electron chi connectivity index (χ0n) is 10.2. The van der Waals surface area contributed by atoms with Gasteiger partial charge in [-0.1, -0.05) is 0 Å². The van der Waals surface area contributed by atoms with Crippen molar-refractivity contribution in [1.29, 1.82) is 0 Å². The van der Waals surface area contributed by atoms with Gasteiger partial charge in [0.15, 0.2) is 0 Å². The fourth-order valence-electron chi connectivity index (χ4n) is 2.01. The largest absolute Gasteiger partial charge is 0.373 e. The summed E-state index contributed by atoms with van der Waals surface area (Å²) in [6, 6.07) is 0. The highest BCUT2D eigenvalue weighted by Gasteiger charge is 2.46. The molecule has 1 saturated carbocycles. The number of sulfonamides is 1. The van der Waals surface area contributed by atoms with Crippen LogP contribution in [0.3, 0.4) is 0 Å². The standard InChI is InChI=1S/C11H21NO3S/c1-10(2,3)16(13,14)12-11(5-4-6-11)7-9-8-15-9/h9,12H,4-8H2,1-3H3. The highest BCUT2D eigenvalue weighted by atomic mass is 32.2. The first-order chi connectivity index (χ1) is 7.24. The fourth-order valence-corrected chi connectivity index (χ4v) is 3.17. The van der Waals surface area contributed by atoms with Gasteiger partial charge in [-0.2, -0.15) is 0 Å². The Labute approximate surface area is 97.8 Å². The van der Waals surface area contributed by atoms with Crippen LogP contribution in [-0.4, -0.2) is 31.4 Å². The predicted octanol–water partition coefficient (Wildman–Crippen LogP) is 1.42. The Bertz CT molecular complexity index is 361. The summed E-state index contributed by atoms with van der Waals surface area (Å²) < 4.78 is 31.6. The van der Waals surface area contributed by atoms with Crippen molar-refractivity contribution in [3.63, 3.8) is 0 Å². The van der Waals surface area contributed by atoms with Gasteiger partial charge in [-0.3, -0.25) is 0 Å². The summed E-state index contributed by atoms with van der Waals surface area (Å²) in [5, 5.41) is 0. The second-order valence-electron chi connectivity index (χ2n) is 6.01. The molecule has 1 unspecified atom stereocenters. The molecule has 0 aromatic carbocycles. The van der Waals surface area contributed by atoms with E-state index in [0.717, 1.165) is 32.3 Å². The van der Waals surface area contributed by atoms with Crippen molar-refractivity contribution in [2.24, 2.45) is 0 Å². The van der Waals surface area contributed by atoms with E-state index in [4.69, 9.17) is 4.74 Å². The highest BCUT2D eigenvalue weighted by molar-refractivity contribution is 7.90. The number of hydrogen-bond donors (Lipinski definition) is 1. The quantitative estimate of drug-likeness (QED) is 0.764. The molecular formula is C11H21NO3S. The first-order valence-corrected chi connectivity index (χ1v) is 7.38. The van der Waals surface area contributed by atoms with Crippen molar-refractivity contribution in [2.45, 2.75) is 62.8 Å². The van der Waals surface area contributed by atoms with Crippen molar-refractivity contribution in [2.75, 3.05) is 6.61 Å². The van der Waals surface area contributed by atoms with Crippen LogP contribution in [0.25, 0.3) is 0 Å². The SMILES string of the molecule is CC(C)(C)S(=O)(=O)NC1(CC2CO2)CCC1. The Morgan fingerprint density at radius 3 is 2.25 bits per heavy atom. The minimum Gasteiger partial charge on any atom is -0.373 e. The average Bonchev–Trinajstić information content (AvgIpc) is 2.81. The summed E-state index contributed by atoms with van der Waals surface area (Å²) in [6.07, 6.45) is 4.12. The Morgan fingerprint density at radius 2 is 1.94 bits per heavy atom. The fraction of sp³-hybridized carbons (Fsp3) is 1.00. The molecule has 0 amide bonds. The second kappa shape index (κ2) is 3.68. The third-order valence-corrected chi connectivity index (χ3v) is 5.80. The van der Waals surface area contributed by atoms with E-state index in [1.54, 1.807) is 20.8 Å². The van der Waals surface area contributed by atoms with Crippen molar-refractivity contribution < 1.29 is 13.2 Å². The molecule has 1 N–H and O–H groups in total. The Balaban J connectivity index is 2.06. The minimum atomic E-state index is -3.24. The molecule has 2 fully saturated rings. The van der Waals surface area contributed by atoms with Crippen molar-refractivity contribution in [3.8, 4) is 0 Å². The van der Waals surface area contributed by atoms with E-state index in [9.17, 15) is 8.42 Å². The van der Waals surface area contributed by atoms with Crippen LogP contribution >= 0.6 is 0 Å². The van der Waals surface area contributed by atoms with Crippen LogP contribution in [0.2, 0.25) is 0 Å². The third kappa shape index (κ3) is 2.41. The zero-order valence-corrected chi connectivity index (χ0v) is 11.1. The molecule has 1 aliphatic carbocycles. The lowest BCUT2D eigenvalue weighted by molar-refractivity contribution is 0.184. The van der Waals surface area contributed by atoms with E-state index in [2.05, 4.69) is 4.72 Å². The van der Waals surface area contributed by atoms with Crippen molar-refractivity contribution in [3.05, 3.63) is 0 Å². The van der Waals surface area contributed by atoms with Crippen molar-refractivity contribution >= 4 is 10.0 Å². The summed E-state index contributed by atoms with van der Waals surface area (Å²) >= 11 is 0. The molecule has 0 spiro atoms. The maximum atomic E-state index is 12.1. The second-order valence-corrected chi connectivity index (χ2v) is 8.45. The highest BCUT2D eigenvalue weighted by Crippen LogP contribution is 2.40. The molecule has 0 radical (unpaired) electrons. The van der Waals surface area contributed by atoms with Gasteiger partial charge >= 0.3 is 0 Å². The Hall–Kier alpha value is -0.130. The summed E-state index contributed by atoms with van der Waals surface area (Å²) in [5.74, 6) is 0. The molecule has 2 rings (SSSR count). The topological polar surface area (TPSA) is 58.7 Å². The van der Waals surface area contributed by atoms with Crippen LogP contribution in [-0.2, 0) is 14.8 Å². The molecular weight excluding hydrogens is 226 g/mol. The van der Waals surface area contributed by atoms with Crippen LogP contribution in [0.5, 0.6) is 0 Å². The van der Waals surface area contributed by atoms with E-state index in [1.807, 2.05) is 0 Å². The van der Waals surface area contributed by atoms with Gasteiger partial charge in [0.05, 0.1) is 17.5 Å². The van der Waals surface area contributed by atoms with Gasteiger partial charge in [0.1, 0.15) is 0 Å². The minimum absolute atomic E-state index is 0.215. The monoisotopic (exact) mass is 247 g/mol. The van der Waals surface area contributed by atoms with Gasteiger partial charge in [-0.15, -0.1) is 0 Å². The summed E-state index contributed by atoms with van der Waals surface area (Å²) in [6.45, 7) is 5.99. The van der Waals surface area contributed by atoms with Crippen LogP contribution in [0.1, 0.15) is 46.5 Å². The van der Waals surface area contributed by atoms with Crippen LogP contribution in [0.4, 0.5) is 0 Å². The predicted molar refractivity (Wildman–Crippen MR) is 62.7 cm³/mol. The van der Waals surface area contributed by atoms with E-state index in [-0.39, 0.29) is 11.6 Å². The van der Waals surface area contributed by atoms with E-state index in [1.165, 1.54) is 0 Å². The third-order valence-electron chi connectivity index (χ3n) is 3.49. The maximum Gasteiger partial charge on any atom is 0.217 e. The lowest BCUT2D eigenvalue weighted by Crippen LogP contribution is -2.57. The lowest BCUT2D eigenvalue weighted by Gasteiger charge is -2.43. The number of ether oxygens (including phenoxy) is 1. The summed E-state index contributed by atoms with van der Waals surface area (Å²) in [5.41, 5.74) is -0.215. The molecule has 0 aromatic rings. The van der Waals surface area contributed by atoms with E-state index in [0.29, 0.717) is 0 Å².